The third-order valence-corrected chi connectivity index (χ3v) is 5.42. The first-order valence-corrected chi connectivity index (χ1v) is 7.91. The van der Waals surface area contributed by atoms with Crippen LogP contribution in [0.3, 0.4) is 0 Å². The number of hydrogen-bond donors (Lipinski definition) is 2. The van der Waals surface area contributed by atoms with Crippen LogP contribution in [-0.4, -0.2) is 31.1 Å². The topological polar surface area (TPSA) is 63.1 Å². The molecule has 0 amide bonds. The maximum absolute atomic E-state index is 12.2. The maximum atomic E-state index is 12.2. The minimum atomic E-state index is -3.36. The molecule has 0 radical (unpaired) electrons. The van der Waals surface area contributed by atoms with E-state index in [0.717, 1.165) is 12.8 Å². The summed E-state index contributed by atoms with van der Waals surface area (Å²) in [6.45, 7) is 0. The van der Waals surface area contributed by atoms with Crippen LogP contribution in [0.15, 0.2) is 23.4 Å². The molecule has 0 spiro atoms. The van der Waals surface area contributed by atoms with Gasteiger partial charge in [0, 0.05) is 37.6 Å². The van der Waals surface area contributed by atoms with E-state index < -0.39 is 10.0 Å². The molecule has 1 aromatic rings. The maximum Gasteiger partial charge on any atom is 0.242 e. The Morgan fingerprint density at radius 2 is 2.00 bits per heavy atom. The fourth-order valence-corrected chi connectivity index (χ4v) is 4.39. The molecule has 2 saturated heterocycles. The van der Waals surface area contributed by atoms with Gasteiger partial charge in [-0.25, -0.2) is 13.1 Å². The first kappa shape index (κ1) is 12.2. The molecule has 2 unspecified atom stereocenters. The Labute approximate surface area is 108 Å². The highest BCUT2D eigenvalue weighted by atomic mass is 32.2. The zero-order valence-electron chi connectivity index (χ0n) is 10.5. The predicted molar refractivity (Wildman–Crippen MR) is 68.7 cm³/mol. The van der Waals surface area contributed by atoms with Gasteiger partial charge in [-0.15, -0.1) is 0 Å². The molecule has 2 fully saturated rings. The molecule has 18 heavy (non-hydrogen) atoms. The van der Waals surface area contributed by atoms with Crippen molar-refractivity contribution in [2.75, 3.05) is 0 Å². The quantitative estimate of drug-likeness (QED) is 0.844. The Morgan fingerprint density at radius 1 is 1.33 bits per heavy atom. The second-order valence-corrected chi connectivity index (χ2v) is 7.15. The van der Waals surface area contributed by atoms with E-state index in [1.54, 1.807) is 23.0 Å². The summed E-state index contributed by atoms with van der Waals surface area (Å²) in [4.78, 5) is 0.357. The Morgan fingerprint density at radius 3 is 2.56 bits per heavy atom. The van der Waals surface area contributed by atoms with E-state index in [0.29, 0.717) is 17.0 Å². The summed E-state index contributed by atoms with van der Waals surface area (Å²) >= 11 is 0. The van der Waals surface area contributed by atoms with Gasteiger partial charge in [0.1, 0.15) is 0 Å². The standard InChI is InChI=1S/C12H19N3O2S/c1-15-5-4-12(8-15)18(16,17)14-11-6-9-2-3-10(7-11)13-9/h4-5,8-11,13-14H,2-3,6-7H2,1H3. The fraction of sp³-hybridized carbons (Fsp3) is 0.667. The lowest BCUT2D eigenvalue weighted by atomic mass is 10.0. The molecule has 6 heteroatoms. The second kappa shape index (κ2) is 4.36. The SMILES string of the molecule is Cn1ccc(S(=O)(=O)NC2CC3CCC(C2)N3)c1. The largest absolute Gasteiger partial charge is 0.356 e. The highest BCUT2D eigenvalue weighted by Crippen LogP contribution is 2.27. The van der Waals surface area contributed by atoms with E-state index in [2.05, 4.69) is 10.0 Å². The Bertz CT molecular complexity index is 525. The van der Waals surface area contributed by atoms with E-state index in [-0.39, 0.29) is 6.04 Å². The van der Waals surface area contributed by atoms with Gasteiger partial charge in [-0.3, -0.25) is 0 Å². The monoisotopic (exact) mass is 269 g/mol. The third-order valence-electron chi connectivity index (χ3n) is 3.91. The molecule has 5 nitrogen and oxygen atoms in total. The summed E-state index contributed by atoms with van der Waals surface area (Å²) in [6, 6.07) is 2.70. The van der Waals surface area contributed by atoms with Crippen LogP contribution in [0.2, 0.25) is 0 Å². The van der Waals surface area contributed by atoms with E-state index in [9.17, 15) is 8.42 Å². The van der Waals surface area contributed by atoms with E-state index >= 15 is 0 Å². The lowest BCUT2D eigenvalue weighted by molar-refractivity contribution is 0.345. The van der Waals surface area contributed by atoms with Gasteiger partial charge in [-0.1, -0.05) is 0 Å². The summed E-state index contributed by atoms with van der Waals surface area (Å²) in [5.41, 5.74) is 0. The summed E-state index contributed by atoms with van der Waals surface area (Å²) in [7, 11) is -1.53. The van der Waals surface area contributed by atoms with Crippen molar-refractivity contribution in [2.24, 2.45) is 7.05 Å². The number of hydrogen-bond acceptors (Lipinski definition) is 3. The summed E-state index contributed by atoms with van der Waals surface area (Å²) < 4.78 is 29.0. The number of nitrogens with one attached hydrogen (secondary N) is 2. The molecule has 3 heterocycles. The number of nitrogens with zero attached hydrogens (tertiary/aromatic N) is 1. The highest BCUT2D eigenvalue weighted by Gasteiger charge is 2.35. The zero-order valence-corrected chi connectivity index (χ0v) is 11.3. The van der Waals surface area contributed by atoms with Crippen LogP contribution < -0.4 is 10.0 Å². The van der Waals surface area contributed by atoms with Gasteiger partial charge in [0.25, 0.3) is 0 Å². The van der Waals surface area contributed by atoms with Crippen molar-refractivity contribution in [1.29, 1.82) is 0 Å². The number of fused-ring (bicyclic) bond motifs is 2. The van der Waals surface area contributed by atoms with Crippen LogP contribution in [0.5, 0.6) is 0 Å². The van der Waals surface area contributed by atoms with Gasteiger partial charge in [-0.2, -0.15) is 0 Å². The molecule has 100 valence electrons. The van der Waals surface area contributed by atoms with Crippen molar-refractivity contribution in [1.82, 2.24) is 14.6 Å². The van der Waals surface area contributed by atoms with Crippen LogP contribution in [0.1, 0.15) is 25.7 Å². The third kappa shape index (κ3) is 2.32. The normalized spacial score (nSPS) is 31.7. The molecule has 0 aromatic carbocycles. The molecule has 2 N–H and O–H groups in total. The zero-order chi connectivity index (χ0) is 12.8. The van der Waals surface area contributed by atoms with Crippen LogP contribution in [0.4, 0.5) is 0 Å². The van der Waals surface area contributed by atoms with E-state index in [1.165, 1.54) is 12.8 Å². The van der Waals surface area contributed by atoms with Crippen LogP contribution in [0.25, 0.3) is 0 Å². The van der Waals surface area contributed by atoms with Crippen molar-refractivity contribution >= 4 is 10.0 Å². The summed E-state index contributed by atoms with van der Waals surface area (Å²) in [6.07, 6.45) is 7.55. The second-order valence-electron chi connectivity index (χ2n) is 5.44. The number of aryl methyl sites for hydroxylation is 1. The fourth-order valence-electron chi connectivity index (χ4n) is 3.08. The van der Waals surface area contributed by atoms with E-state index in [1.807, 2.05) is 7.05 Å². The number of sulfonamides is 1. The van der Waals surface area contributed by atoms with Crippen molar-refractivity contribution in [2.45, 2.75) is 48.7 Å². The average molecular weight is 269 g/mol. The summed E-state index contributed by atoms with van der Waals surface area (Å²) in [5.74, 6) is 0. The average Bonchev–Trinajstić information content (AvgIpc) is 2.85. The van der Waals surface area contributed by atoms with Crippen LogP contribution in [-0.2, 0) is 17.1 Å². The molecule has 0 saturated carbocycles. The molecule has 1 aromatic heterocycles. The predicted octanol–water partition coefficient (Wildman–Crippen LogP) is 0.586. The molecule has 2 atom stereocenters. The minimum absolute atomic E-state index is 0.0777. The number of aromatic nitrogens is 1. The molecule has 3 rings (SSSR count). The first-order chi connectivity index (χ1) is 8.53. The summed E-state index contributed by atoms with van der Waals surface area (Å²) in [5, 5.41) is 3.51. The minimum Gasteiger partial charge on any atom is -0.356 e. The Kier molecular flexibility index (Phi) is 2.96. The number of rotatable bonds is 3. The smallest absolute Gasteiger partial charge is 0.242 e. The molecule has 2 aliphatic rings. The van der Waals surface area contributed by atoms with E-state index in [4.69, 9.17) is 0 Å². The van der Waals surface area contributed by atoms with Gasteiger partial charge in [0.05, 0.1) is 4.90 Å². The lowest BCUT2D eigenvalue weighted by Crippen LogP contribution is -2.47. The lowest BCUT2D eigenvalue weighted by Gasteiger charge is -2.29. The molecule has 2 aliphatic heterocycles. The highest BCUT2D eigenvalue weighted by molar-refractivity contribution is 7.89. The van der Waals surface area contributed by atoms with Gasteiger partial charge >= 0.3 is 0 Å². The molecule has 2 bridgehead atoms. The van der Waals surface area contributed by atoms with Crippen molar-refractivity contribution < 1.29 is 8.42 Å². The molecular formula is C12H19N3O2S. The van der Waals surface area contributed by atoms with Crippen LogP contribution >= 0.6 is 0 Å². The van der Waals surface area contributed by atoms with Gasteiger partial charge in [-0.05, 0) is 31.7 Å². The number of piperidine rings is 1. The Balaban J connectivity index is 1.72. The Hall–Kier alpha value is -0.850. The van der Waals surface area contributed by atoms with Gasteiger partial charge in [0.15, 0.2) is 0 Å². The van der Waals surface area contributed by atoms with Gasteiger partial charge < -0.3 is 9.88 Å². The van der Waals surface area contributed by atoms with Crippen molar-refractivity contribution in [3.8, 4) is 0 Å². The molecule has 0 aliphatic carbocycles. The van der Waals surface area contributed by atoms with Crippen molar-refractivity contribution in [3.63, 3.8) is 0 Å². The first-order valence-electron chi connectivity index (χ1n) is 6.43. The van der Waals surface area contributed by atoms with Crippen molar-refractivity contribution in [3.05, 3.63) is 18.5 Å². The van der Waals surface area contributed by atoms with Crippen LogP contribution in [0, 0.1) is 0 Å². The molecular weight excluding hydrogens is 250 g/mol. The van der Waals surface area contributed by atoms with Gasteiger partial charge in [0.2, 0.25) is 10.0 Å².